The van der Waals surface area contributed by atoms with E-state index in [1.807, 2.05) is 31.3 Å². The number of hydrogen-bond acceptors (Lipinski definition) is 4. The smallest absolute Gasteiger partial charge is 0.194 e. The molecule has 29 heavy (non-hydrogen) atoms. The molecule has 1 aliphatic carbocycles. The van der Waals surface area contributed by atoms with E-state index in [1.54, 1.807) is 7.11 Å². The lowest BCUT2D eigenvalue weighted by Crippen LogP contribution is -2.41. The molecule has 1 aliphatic heterocycles. The molecule has 2 fully saturated rings. The average Bonchev–Trinajstić information content (AvgIpc) is 3.37. The van der Waals surface area contributed by atoms with Crippen molar-refractivity contribution in [2.75, 3.05) is 27.2 Å². The number of aromatic nitrogens is 3. The first-order chi connectivity index (χ1) is 13.7. The van der Waals surface area contributed by atoms with Gasteiger partial charge in [0.05, 0.1) is 13.7 Å². The van der Waals surface area contributed by atoms with Gasteiger partial charge in [0.2, 0.25) is 0 Å². The van der Waals surface area contributed by atoms with Crippen molar-refractivity contribution in [3.8, 4) is 17.1 Å². The van der Waals surface area contributed by atoms with Crippen LogP contribution in [0, 0.1) is 5.41 Å². The largest absolute Gasteiger partial charge is 0.497 e. The number of halogens is 1. The lowest BCUT2D eigenvalue weighted by Gasteiger charge is -2.33. The highest BCUT2D eigenvalue weighted by molar-refractivity contribution is 14.0. The molecule has 1 aromatic heterocycles. The Kier molecular flexibility index (Phi) is 7.37. The summed E-state index contributed by atoms with van der Waals surface area (Å²) in [5, 5.41) is 10.8. The van der Waals surface area contributed by atoms with Gasteiger partial charge in [-0.25, -0.2) is 4.98 Å². The normalized spacial score (nSPS) is 18.6. The quantitative estimate of drug-likeness (QED) is 0.372. The standard InChI is InChI=1S/C21H30N6O.HI/c1-22-20(27-13-12-21(15-27)10-4-3-5-11-21)23-14-18-24-19(26-25-18)16-6-8-17(28-2)9-7-16;/h6-9H,3-5,10-15H2,1-2H3,(H,22,23)(H,24,25,26);1H. The van der Waals surface area contributed by atoms with Gasteiger partial charge in [-0.1, -0.05) is 19.3 Å². The van der Waals surface area contributed by atoms with Gasteiger partial charge in [0, 0.05) is 25.7 Å². The number of methoxy groups -OCH3 is 1. The summed E-state index contributed by atoms with van der Waals surface area (Å²) in [7, 11) is 3.52. The molecule has 158 valence electrons. The Bertz CT molecular complexity index is 813. The maximum absolute atomic E-state index is 5.20. The highest BCUT2D eigenvalue weighted by Gasteiger charge is 2.39. The van der Waals surface area contributed by atoms with Gasteiger partial charge in [-0.15, -0.1) is 24.0 Å². The van der Waals surface area contributed by atoms with Crippen LogP contribution in [0.25, 0.3) is 11.4 Å². The fourth-order valence-corrected chi connectivity index (χ4v) is 4.56. The van der Waals surface area contributed by atoms with E-state index in [4.69, 9.17) is 4.74 Å². The second-order valence-corrected chi connectivity index (χ2v) is 7.97. The highest BCUT2D eigenvalue weighted by Crippen LogP contribution is 2.43. The van der Waals surface area contributed by atoms with Crippen molar-refractivity contribution in [2.24, 2.45) is 10.4 Å². The number of hydrogen-bond donors (Lipinski definition) is 2. The Morgan fingerprint density at radius 2 is 1.97 bits per heavy atom. The predicted octanol–water partition coefficient (Wildman–Crippen LogP) is 3.83. The molecule has 0 atom stereocenters. The van der Waals surface area contributed by atoms with Gasteiger partial charge in [0.25, 0.3) is 0 Å². The molecular weight excluding hydrogens is 479 g/mol. The van der Waals surface area contributed by atoms with Crippen molar-refractivity contribution in [1.29, 1.82) is 0 Å². The molecule has 1 spiro atoms. The number of aliphatic imine (C=N–C) groups is 1. The number of H-pyrrole nitrogens is 1. The Hall–Kier alpha value is -1.84. The van der Waals surface area contributed by atoms with E-state index in [-0.39, 0.29) is 24.0 Å². The van der Waals surface area contributed by atoms with Crippen LogP contribution in [-0.2, 0) is 6.54 Å². The van der Waals surface area contributed by atoms with Gasteiger partial charge in [-0.3, -0.25) is 10.1 Å². The number of aromatic amines is 1. The summed E-state index contributed by atoms with van der Waals surface area (Å²) in [6.07, 6.45) is 8.19. The number of nitrogens with one attached hydrogen (secondary N) is 2. The highest BCUT2D eigenvalue weighted by atomic mass is 127. The molecule has 0 unspecified atom stereocenters. The van der Waals surface area contributed by atoms with E-state index >= 15 is 0 Å². The first-order valence-electron chi connectivity index (χ1n) is 10.2. The summed E-state index contributed by atoms with van der Waals surface area (Å²) < 4.78 is 5.20. The van der Waals surface area contributed by atoms with Crippen LogP contribution < -0.4 is 10.1 Å². The number of rotatable bonds is 4. The molecule has 0 radical (unpaired) electrons. The van der Waals surface area contributed by atoms with Crippen LogP contribution in [-0.4, -0.2) is 53.3 Å². The van der Waals surface area contributed by atoms with Gasteiger partial charge in [-0.2, -0.15) is 5.10 Å². The number of nitrogens with zero attached hydrogens (tertiary/aromatic N) is 4. The van der Waals surface area contributed by atoms with Crippen molar-refractivity contribution in [2.45, 2.75) is 45.1 Å². The van der Waals surface area contributed by atoms with Crippen LogP contribution in [0.1, 0.15) is 44.3 Å². The molecule has 8 heteroatoms. The van der Waals surface area contributed by atoms with E-state index in [1.165, 1.54) is 38.5 Å². The Morgan fingerprint density at radius 3 is 2.66 bits per heavy atom. The summed E-state index contributed by atoms with van der Waals surface area (Å²) >= 11 is 0. The Morgan fingerprint density at radius 1 is 1.21 bits per heavy atom. The summed E-state index contributed by atoms with van der Waals surface area (Å²) in [6.45, 7) is 2.80. The summed E-state index contributed by atoms with van der Waals surface area (Å²) in [5.41, 5.74) is 1.48. The maximum atomic E-state index is 5.20. The first-order valence-corrected chi connectivity index (χ1v) is 10.2. The lowest BCUT2D eigenvalue weighted by molar-refractivity contribution is 0.203. The van der Waals surface area contributed by atoms with Crippen molar-refractivity contribution in [3.05, 3.63) is 30.1 Å². The zero-order valence-corrected chi connectivity index (χ0v) is 19.6. The third kappa shape index (κ3) is 5.02. The Labute approximate surface area is 189 Å². The molecule has 1 aromatic carbocycles. The van der Waals surface area contributed by atoms with Crippen molar-refractivity contribution in [3.63, 3.8) is 0 Å². The molecule has 1 saturated carbocycles. The van der Waals surface area contributed by atoms with Crippen LogP contribution in [0.4, 0.5) is 0 Å². The second-order valence-electron chi connectivity index (χ2n) is 7.97. The monoisotopic (exact) mass is 510 g/mol. The molecule has 7 nitrogen and oxygen atoms in total. The van der Waals surface area contributed by atoms with Gasteiger partial charge in [0.1, 0.15) is 11.6 Å². The third-order valence-electron chi connectivity index (χ3n) is 6.16. The van der Waals surface area contributed by atoms with Crippen LogP contribution in [0.3, 0.4) is 0 Å². The minimum Gasteiger partial charge on any atom is -0.497 e. The predicted molar refractivity (Wildman–Crippen MR) is 126 cm³/mol. The molecule has 0 amide bonds. The van der Waals surface area contributed by atoms with Crippen LogP contribution in [0.5, 0.6) is 5.75 Å². The summed E-state index contributed by atoms with van der Waals surface area (Å²) in [6, 6.07) is 7.76. The van der Waals surface area contributed by atoms with Gasteiger partial charge >= 0.3 is 0 Å². The molecule has 2 heterocycles. The molecular formula is C21H31IN6O. The lowest BCUT2D eigenvalue weighted by atomic mass is 9.73. The van der Waals surface area contributed by atoms with Gasteiger partial charge in [-0.05, 0) is 48.9 Å². The van der Waals surface area contributed by atoms with Gasteiger partial charge in [0.15, 0.2) is 11.8 Å². The molecule has 2 N–H and O–H groups in total. The number of guanidine groups is 1. The van der Waals surface area contributed by atoms with E-state index in [2.05, 4.69) is 30.4 Å². The van der Waals surface area contributed by atoms with Crippen molar-refractivity contribution in [1.82, 2.24) is 25.4 Å². The van der Waals surface area contributed by atoms with Gasteiger partial charge < -0.3 is 15.0 Å². The molecule has 2 aromatic rings. The number of benzene rings is 1. The number of ether oxygens (including phenoxy) is 1. The van der Waals surface area contributed by atoms with Crippen molar-refractivity contribution < 1.29 is 4.74 Å². The number of likely N-dealkylation sites (tertiary alicyclic amines) is 1. The summed E-state index contributed by atoms with van der Waals surface area (Å²) in [5.74, 6) is 3.28. The fraction of sp³-hybridized carbons (Fsp3) is 0.571. The Balaban J connectivity index is 0.00000240. The average molecular weight is 510 g/mol. The molecule has 2 aliphatic rings. The van der Waals surface area contributed by atoms with Crippen LogP contribution in [0.2, 0.25) is 0 Å². The van der Waals surface area contributed by atoms with E-state index in [9.17, 15) is 0 Å². The van der Waals surface area contributed by atoms with E-state index in [0.29, 0.717) is 17.8 Å². The maximum Gasteiger partial charge on any atom is 0.194 e. The SMILES string of the molecule is CN=C(NCc1nc(-c2ccc(OC)cc2)n[nH]1)N1CCC2(CCCCC2)C1.I. The fourth-order valence-electron chi connectivity index (χ4n) is 4.56. The van der Waals surface area contributed by atoms with E-state index in [0.717, 1.165) is 36.2 Å². The first kappa shape index (κ1) is 21.9. The summed E-state index contributed by atoms with van der Waals surface area (Å²) in [4.78, 5) is 11.5. The second kappa shape index (κ2) is 9.77. The third-order valence-corrected chi connectivity index (χ3v) is 6.16. The minimum absolute atomic E-state index is 0. The molecule has 1 saturated heterocycles. The zero-order valence-electron chi connectivity index (χ0n) is 17.3. The van der Waals surface area contributed by atoms with Crippen LogP contribution in [0.15, 0.2) is 29.3 Å². The molecule has 0 bridgehead atoms. The van der Waals surface area contributed by atoms with E-state index < -0.39 is 0 Å². The molecule has 4 rings (SSSR count). The zero-order chi connectivity index (χ0) is 19.4. The van der Waals surface area contributed by atoms with Crippen molar-refractivity contribution >= 4 is 29.9 Å². The topological polar surface area (TPSA) is 78.4 Å². The minimum atomic E-state index is 0. The van der Waals surface area contributed by atoms with Crippen LogP contribution >= 0.6 is 24.0 Å².